The number of nitrogens with zero attached hydrogens (tertiary/aromatic N) is 2. The van der Waals surface area contributed by atoms with Gasteiger partial charge in [-0.1, -0.05) is 76.3 Å². The Hall–Kier alpha value is -1.03. The van der Waals surface area contributed by atoms with Gasteiger partial charge in [0.15, 0.2) is 0 Å². The third-order valence-electron chi connectivity index (χ3n) is 5.41. The average molecular weight is 403 g/mol. The van der Waals surface area contributed by atoms with E-state index in [9.17, 15) is 0 Å². The minimum Gasteiger partial charge on any atom is -0.304 e. The van der Waals surface area contributed by atoms with Crippen LogP contribution in [0.1, 0.15) is 59.8 Å². The van der Waals surface area contributed by atoms with Crippen LogP contribution < -0.4 is 0 Å². The molecule has 0 aliphatic heterocycles. The van der Waals surface area contributed by atoms with Gasteiger partial charge >= 0.3 is 0 Å². The van der Waals surface area contributed by atoms with Crippen LogP contribution in [0.2, 0.25) is 0 Å². The van der Waals surface area contributed by atoms with E-state index in [1.54, 1.807) is 0 Å². The van der Waals surface area contributed by atoms with Crippen molar-refractivity contribution in [3.63, 3.8) is 0 Å². The molecule has 0 aromatic carbocycles. The zero-order chi connectivity index (χ0) is 20.8. The van der Waals surface area contributed by atoms with Crippen LogP contribution >= 0.6 is 11.9 Å². The molecule has 0 radical (unpaired) electrons. The lowest BCUT2D eigenvalue weighted by atomic mass is 10.0. The Morgan fingerprint density at radius 2 is 1.79 bits per heavy atom. The first-order valence-electron chi connectivity index (χ1n) is 11.0. The fourth-order valence-corrected chi connectivity index (χ4v) is 4.04. The van der Waals surface area contributed by atoms with E-state index in [4.69, 9.17) is 0 Å². The maximum atomic E-state index is 4.04. The summed E-state index contributed by atoms with van der Waals surface area (Å²) in [7, 11) is 2.28. The summed E-state index contributed by atoms with van der Waals surface area (Å²) in [6.45, 7) is 16.8. The molecule has 28 heavy (non-hydrogen) atoms. The summed E-state index contributed by atoms with van der Waals surface area (Å²) in [5.74, 6) is 0.827. The lowest BCUT2D eigenvalue weighted by Gasteiger charge is -2.29. The van der Waals surface area contributed by atoms with Gasteiger partial charge in [0.05, 0.1) is 0 Å². The van der Waals surface area contributed by atoms with Gasteiger partial charge in [0.25, 0.3) is 0 Å². The molecule has 0 aromatic heterocycles. The molecule has 0 saturated carbocycles. The van der Waals surface area contributed by atoms with E-state index in [0.717, 1.165) is 31.0 Å². The quantitative estimate of drug-likeness (QED) is 0.324. The minimum atomic E-state index is 0.621. The largest absolute Gasteiger partial charge is 0.304 e. The SMILES string of the molecule is C=C1/C=C\C=C/C/C(SN(CCC)CCC(C)N(C)CCC(C)CC)=C\C=C/1. The van der Waals surface area contributed by atoms with Crippen molar-refractivity contribution in [2.45, 2.75) is 65.8 Å². The summed E-state index contributed by atoms with van der Waals surface area (Å²) in [6.07, 6.45) is 20.9. The van der Waals surface area contributed by atoms with Crippen molar-refractivity contribution in [2.24, 2.45) is 5.92 Å². The van der Waals surface area contributed by atoms with E-state index in [-0.39, 0.29) is 0 Å². The van der Waals surface area contributed by atoms with Gasteiger partial charge in [-0.15, -0.1) is 0 Å². The molecule has 0 bridgehead atoms. The first-order valence-corrected chi connectivity index (χ1v) is 11.8. The second-order valence-electron chi connectivity index (χ2n) is 8.00. The summed E-state index contributed by atoms with van der Waals surface area (Å²) in [5.41, 5.74) is 1.03. The molecule has 0 aromatic rings. The topological polar surface area (TPSA) is 6.48 Å². The van der Waals surface area contributed by atoms with Gasteiger partial charge in [0.2, 0.25) is 0 Å². The summed E-state index contributed by atoms with van der Waals surface area (Å²) >= 11 is 1.93. The van der Waals surface area contributed by atoms with Gasteiger partial charge in [0, 0.05) is 24.0 Å². The summed E-state index contributed by atoms with van der Waals surface area (Å²) < 4.78 is 2.54. The Morgan fingerprint density at radius 1 is 1.04 bits per heavy atom. The molecule has 0 heterocycles. The van der Waals surface area contributed by atoms with Crippen LogP contribution in [0.25, 0.3) is 0 Å². The van der Waals surface area contributed by atoms with Gasteiger partial charge in [-0.3, -0.25) is 0 Å². The fraction of sp³-hybridized carbons (Fsp3) is 0.600. The van der Waals surface area contributed by atoms with Crippen molar-refractivity contribution in [3.8, 4) is 0 Å². The standard InChI is InChI=1S/C25H42N2S/c1-7-19-27(21-18-24(5)26(6)20-17-22(3)8-2)28-25-15-11-9-10-13-23(4)14-12-16-25/h9-14,16,22,24H,4,7-8,15,17-21H2,1-3,5-6H3/b11-9-,13-10-,14-12-,25-16+. The maximum absolute atomic E-state index is 4.04. The first-order chi connectivity index (χ1) is 13.5. The molecule has 0 N–H and O–H groups in total. The number of hydrogen-bond acceptors (Lipinski definition) is 3. The van der Waals surface area contributed by atoms with Crippen LogP contribution in [0.5, 0.6) is 0 Å². The van der Waals surface area contributed by atoms with E-state index in [1.807, 2.05) is 18.0 Å². The predicted octanol–water partition coefficient (Wildman–Crippen LogP) is 7.01. The molecule has 2 unspecified atom stereocenters. The molecule has 0 amide bonds. The van der Waals surface area contributed by atoms with Crippen LogP contribution in [0, 0.1) is 5.92 Å². The maximum Gasteiger partial charge on any atom is 0.0107 e. The zero-order valence-electron chi connectivity index (χ0n) is 18.9. The lowest BCUT2D eigenvalue weighted by Crippen LogP contribution is -2.33. The van der Waals surface area contributed by atoms with Crippen LogP contribution in [0.4, 0.5) is 0 Å². The lowest BCUT2D eigenvalue weighted by molar-refractivity contribution is 0.220. The smallest absolute Gasteiger partial charge is 0.0107 e. The molecular weight excluding hydrogens is 360 g/mol. The Labute approximate surface area is 179 Å². The highest BCUT2D eigenvalue weighted by molar-refractivity contribution is 8.00. The molecule has 0 saturated heterocycles. The Balaban J connectivity index is 2.58. The van der Waals surface area contributed by atoms with Crippen LogP contribution in [-0.4, -0.2) is 41.9 Å². The van der Waals surface area contributed by atoms with E-state index >= 15 is 0 Å². The first kappa shape index (κ1) is 25.0. The van der Waals surface area contributed by atoms with Crippen molar-refractivity contribution in [1.29, 1.82) is 0 Å². The Morgan fingerprint density at radius 3 is 2.50 bits per heavy atom. The average Bonchev–Trinajstić information content (AvgIpc) is 2.69. The molecule has 1 rings (SSSR count). The molecular formula is C25H42N2S. The number of allylic oxidation sites excluding steroid dienone is 9. The predicted molar refractivity (Wildman–Crippen MR) is 129 cm³/mol. The molecule has 2 nitrogen and oxygen atoms in total. The van der Waals surface area contributed by atoms with Crippen LogP contribution in [0.15, 0.2) is 59.6 Å². The minimum absolute atomic E-state index is 0.621. The normalized spacial score (nSPS) is 22.5. The van der Waals surface area contributed by atoms with E-state index < -0.39 is 0 Å². The highest BCUT2D eigenvalue weighted by Crippen LogP contribution is 2.26. The molecule has 158 valence electrons. The van der Waals surface area contributed by atoms with Gasteiger partial charge < -0.3 is 4.90 Å². The molecule has 3 heteroatoms. The van der Waals surface area contributed by atoms with Crippen molar-refractivity contribution in [3.05, 3.63) is 59.6 Å². The molecule has 1 aliphatic carbocycles. The monoisotopic (exact) mass is 402 g/mol. The van der Waals surface area contributed by atoms with E-state index in [1.165, 1.54) is 37.1 Å². The van der Waals surface area contributed by atoms with Crippen molar-refractivity contribution in [1.82, 2.24) is 9.21 Å². The number of rotatable bonds is 12. The van der Waals surface area contributed by atoms with Crippen LogP contribution in [-0.2, 0) is 0 Å². The van der Waals surface area contributed by atoms with E-state index in [0.29, 0.717) is 6.04 Å². The Kier molecular flexibility index (Phi) is 13.3. The fourth-order valence-electron chi connectivity index (χ4n) is 2.93. The summed E-state index contributed by atoms with van der Waals surface area (Å²) in [5, 5.41) is 0. The van der Waals surface area contributed by atoms with Crippen molar-refractivity contribution in [2.75, 3.05) is 26.7 Å². The number of hydrogen-bond donors (Lipinski definition) is 0. The van der Waals surface area contributed by atoms with Gasteiger partial charge in [-0.2, -0.15) is 0 Å². The highest BCUT2D eigenvalue weighted by atomic mass is 32.2. The third kappa shape index (κ3) is 11.1. The molecule has 0 fully saturated rings. The van der Waals surface area contributed by atoms with Crippen molar-refractivity contribution >= 4 is 11.9 Å². The molecule has 0 spiro atoms. The van der Waals surface area contributed by atoms with Gasteiger partial charge in [-0.25, -0.2) is 4.31 Å². The summed E-state index contributed by atoms with van der Waals surface area (Å²) in [6, 6.07) is 0.621. The second kappa shape index (κ2) is 14.9. The highest BCUT2D eigenvalue weighted by Gasteiger charge is 2.14. The third-order valence-corrected chi connectivity index (χ3v) is 6.57. The molecule has 1 aliphatic rings. The summed E-state index contributed by atoms with van der Waals surface area (Å²) in [4.78, 5) is 3.93. The molecule has 2 atom stereocenters. The Bertz CT molecular complexity index is 559. The van der Waals surface area contributed by atoms with Crippen LogP contribution in [0.3, 0.4) is 0 Å². The van der Waals surface area contributed by atoms with Crippen molar-refractivity contribution < 1.29 is 0 Å². The zero-order valence-corrected chi connectivity index (χ0v) is 19.7. The van der Waals surface area contributed by atoms with E-state index in [2.05, 4.69) is 87.0 Å². The second-order valence-corrected chi connectivity index (χ2v) is 9.22. The van der Waals surface area contributed by atoms with Gasteiger partial charge in [0.1, 0.15) is 0 Å². The van der Waals surface area contributed by atoms with Gasteiger partial charge in [-0.05, 0) is 69.6 Å².